The van der Waals surface area contributed by atoms with Crippen molar-refractivity contribution in [2.24, 2.45) is 0 Å². The third-order valence-electron chi connectivity index (χ3n) is 2.35. The van der Waals surface area contributed by atoms with Crippen molar-refractivity contribution in [1.29, 1.82) is 0 Å². The van der Waals surface area contributed by atoms with Gasteiger partial charge in [0.25, 0.3) is 0 Å². The Labute approximate surface area is 97.4 Å². The molecule has 1 aromatic rings. The number of ether oxygens (including phenoxy) is 1. The van der Waals surface area contributed by atoms with Gasteiger partial charge in [-0.1, -0.05) is 17.7 Å². The lowest BCUT2D eigenvalue weighted by Gasteiger charge is -2.14. The largest absolute Gasteiger partial charge is 0.492 e. The van der Waals surface area contributed by atoms with Gasteiger partial charge in [0.05, 0.1) is 0 Å². The zero-order valence-electron chi connectivity index (χ0n) is 10.1. The van der Waals surface area contributed by atoms with Crippen LogP contribution in [-0.4, -0.2) is 30.9 Å². The van der Waals surface area contributed by atoms with Gasteiger partial charge in [0.2, 0.25) is 0 Å². The molecule has 0 spiro atoms. The first kappa shape index (κ1) is 13.0. The van der Waals surface area contributed by atoms with Crippen LogP contribution in [0, 0.1) is 6.92 Å². The fourth-order valence-corrected chi connectivity index (χ4v) is 1.34. The fourth-order valence-electron chi connectivity index (χ4n) is 1.34. The third-order valence-corrected chi connectivity index (χ3v) is 2.35. The minimum absolute atomic E-state index is 0.235. The van der Waals surface area contributed by atoms with Crippen molar-refractivity contribution in [2.75, 3.05) is 19.8 Å². The van der Waals surface area contributed by atoms with E-state index in [-0.39, 0.29) is 6.61 Å². The predicted molar refractivity (Wildman–Crippen MR) is 65.8 cm³/mol. The lowest BCUT2D eigenvalue weighted by atomic mass is 10.2. The molecule has 0 aromatic heterocycles. The normalized spacial score (nSPS) is 12.4. The summed E-state index contributed by atoms with van der Waals surface area (Å²) in [5.74, 6) is 0.904. The summed E-state index contributed by atoms with van der Waals surface area (Å²) in [6, 6.07) is 8.34. The Balaban J connectivity index is 2.20. The monoisotopic (exact) mass is 223 g/mol. The van der Waals surface area contributed by atoms with Gasteiger partial charge in [0.15, 0.2) is 0 Å². The summed E-state index contributed by atoms with van der Waals surface area (Å²) < 4.78 is 5.63. The van der Waals surface area contributed by atoms with E-state index >= 15 is 0 Å². The molecule has 0 saturated heterocycles. The minimum Gasteiger partial charge on any atom is -0.492 e. The minimum atomic E-state index is 0.235. The Bertz CT molecular complexity index is 284. The van der Waals surface area contributed by atoms with Crippen LogP contribution < -0.4 is 10.1 Å². The maximum Gasteiger partial charge on any atom is 0.119 e. The maximum absolute atomic E-state index is 8.64. The van der Waals surface area contributed by atoms with Gasteiger partial charge >= 0.3 is 0 Å². The molecule has 0 amide bonds. The molecule has 1 aromatic carbocycles. The Morgan fingerprint density at radius 3 is 2.62 bits per heavy atom. The molecule has 0 bridgehead atoms. The number of nitrogens with one attached hydrogen (secondary N) is 1. The number of benzene rings is 1. The van der Waals surface area contributed by atoms with E-state index in [1.165, 1.54) is 5.56 Å². The third kappa shape index (κ3) is 5.14. The van der Waals surface area contributed by atoms with Crippen LogP contribution in [0.5, 0.6) is 5.75 Å². The van der Waals surface area contributed by atoms with Gasteiger partial charge in [-0.25, -0.2) is 0 Å². The van der Waals surface area contributed by atoms with E-state index in [0.29, 0.717) is 12.6 Å². The molecule has 0 fully saturated rings. The molecule has 1 atom stereocenters. The number of aliphatic hydroxyl groups is 1. The average Bonchev–Trinajstić information content (AvgIpc) is 2.29. The van der Waals surface area contributed by atoms with Crippen molar-refractivity contribution in [2.45, 2.75) is 26.3 Å². The molecule has 2 N–H and O–H groups in total. The number of hydrogen-bond acceptors (Lipinski definition) is 3. The Morgan fingerprint density at radius 1 is 1.31 bits per heavy atom. The van der Waals surface area contributed by atoms with Gasteiger partial charge in [-0.15, -0.1) is 0 Å². The van der Waals surface area contributed by atoms with Crippen molar-refractivity contribution >= 4 is 0 Å². The number of rotatable bonds is 7. The predicted octanol–water partition coefficient (Wildman–Crippen LogP) is 1.73. The highest BCUT2D eigenvalue weighted by atomic mass is 16.5. The zero-order valence-corrected chi connectivity index (χ0v) is 10.1. The first-order chi connectivity index (χ1) is 7.72. The molecule has 16 heavy (non-hydrogen) atoms. The highest BCUT2D eigenvalue weighted by Gasteiger charge is 2.01. The van der Waals surface area contributed by atoms with Crippen molar-refractivity contribution in [3.05, 3.63) is 29.8 Å². The van der Waals surface area contributed by atoms with E-state index in [2.05, 4.69) is 19.2 Å². The molecule has 3 nitrogen and oxygen atoms in total. The summed E-state index contributed by atoms with van der Waals surface area (Å²) in [5.41, 5.74) is 1.24. The lowest BCUT2D eigenvalue weighted by Crippen LogP contribution is -2.32. The molecule has 0 heterocycles. The van der Waals surface area contributed by atoms with E-state index < -0.39 is 0 Å². The van der Waals surface area contributed by atoms with Crippen LogP contribution in [0.3, 0.4) is 0 Å². The van der Waals surface area contributed by atoms with Crippen LogP contribution >= 0.6 is 0 Å². The van der Waals surface area contributed by atoms with E-state index in [0.717, 1.165) is 18.7 Å². The standard InChI is InChI=1S/C13H21NO2/c1-11-4-6-13(7-5-11)16-10-12(2)14-8-3-9-15/h4-7,12,14-15H,3,8-10H2,1-2H3. The molecular formula is C13H21NO2. The summed E-state index contributed by atoms with van der Waals surface area (Å²) in [4.78, 5) is 0. The highest BCUT2D eigenvalue weighted by Crippen LogP contribution is 2.11. The van der Waals surface area contributed by atoms with Crippen molar-refractivity contribution < 1.29 is 9.84 Å². The number of aryl methyl sites for hydroxylation is 1. The van der Waals surface area contributed by atoms with Gasteiger partial charge in [0, 0.05) is 12.6 Å². The number of aliphatic hydroxyl groups excluding tert-OH is 1. The molecule has 90 valence electrons. The van der Waals surface area contributed by atoms with Crippen LogP contribution in [0.2, 0.25) is 0 Å². The molecule has 1 rings (SSSR count). The maximum atomic E-state index is 8.64. The SMILES string of the molecule is Cc1ccc(OCC(C)NCCCO)cc1. The Kier molecular flexibility index (Phi) is 5.90. The van der Waals surface area contributed by atoms with Gasteiger partial charge in [-0.05, 0) is 38.9 Å². The molecule has 0 aliphatic rings. The molecule has 0 aliphatic carbocycles. The van der Waals surface area contributed by atoms with Gasteiger partial charge < -0.3 is 15.2 Å². The summed E-state index contributed by atoms with van der Waals surface area (Å²) >= 11 is 0. The van der Waals surface area contributed by atoms with Crippen LogP contribution in [0.25, 0.3) is 0 Å². The quantitative estimate of drug-likeness (QED) is 0.692. The second-order valence-electron chi connectivity index (χ2n) is 4.06. The first-order valence-electron chi connectivity index (χ1n) is 5.76. The first-order valence-corrected chi connectivity index (χ1v) is 5.76. The van der Waals surface area contributed by atoms with Crippen molar-refractivity contribution in [3.63, 3.8) is 0 Å². The summed E-state index contributed by atoms with van der Waals surface area (Å²) in [7, 11) is 0. The van der Waals surface area contributed by atoms with Crippen LogP contribution in [-0.2, 0) is 0 Å². The fraction of sp³-hybridized carbons (Fsp3) is 0.538. The lowest BCUT2D eigenvalue weighted by molar-refractivity contribution is 0.257. The molecular weight excluding hydrogens is 202 g/mol. The smallest absolute Gasteiger partial charge is 0.119 e. The Morgan fingerprint density at radius 2 is 2.00 bits per heavy atom. The van der Waals surface area contributed by atoms with E-state index in [1.807, 2.05) is 24.3 Å². The average molecular weight is 223 g/mol. The molecule has 0 radical (unpaired) electrons. The second-order valence-corrected chi connectivity index (χ2v) is 4.06. The van der Waals surface area contributed by atoms with Crippen molar-refractivity contribution in [3.8, 4) is 5.75 Å². The van der Waals surface area contributed by atoms with Crippen LogP contribution in [0.15, 0.2) is 24.3 Å². The Hall–Kier alpha value is -1.06. The van der Waals surface area contributed by atoms with E-state index in [1.54, 1.807) is 0 Å². The summed E-state index contributed by atoms with van der Waals surface area (Å²) in [6.07, 6.45) is 0.787. The summed E-state index contributed by atoms with van der Waals surface area (Å²) in [6.45, 7) is 5.84. The van der Waals surface area contributed by atoms with Gasteiger partial charge in [-0.3, -0.25) is 0 Å². The molecule has 0 saturated carbocycles. The van der Waals surface area contributed by atoms with Crippen LogP contribution in [0.4, 0.5) is 0 Å². The van der Waals surface area contributed by atoms with Crippen LogP contribution in [0.1, 0.15) is 18.9 Å². The topological polar surface area (TPSA) is 41.5 Å². The van der Waals surface area contributed by atoms with Gasteiger partial charge in [-0.2, -0.15) is 0 Å². The van der Waals surface area contributed by atoms with E-state index in [9.17, 15) is 0 Å². The molecule has 0 aliphatic heterocycles. The highest BCUT2D eigenvalue weighted by molar-refractivity contribution is 5.26. The number of hydrogen-bond donors (Lipinski definition) is 2. The molecule has 3 heteroatoms. The van der Waals surface area contributed by atoms with E-state index in [4.69, 9.17) is 9.84 Å². The van der Waals surface area contributed by atoms with Gasteiger partial charge in [0.1, 0.15) is 12.4 Å². The molecule has 1 unspecified atom stereocenters. The second kappa shape index (κ2) is 7.25. The van der Waals surface area contributed by atoms with Crippen molar-refractivity contribution in [1.82, 2.24) is 5.32 Å². The zero-order chi connectivity index (χ0) is 11.8. The summed E-state index contributed by atoms with van der Waals surface area (Å²) in [5, 5.41) is 11.9.